The van der Waals surface area contributed by atoms with E-state index in [0.717, 1.165) is 0 Å². The fourth-order valence-corrected chi connectivity index (χ4v) is 2.52. The van der Waals surface area contributed by atoms with Gasteiger partial charge < -0.3 is 9.42 Å². The van der Waals surface area contributed by atoms with E-state index < -0.39 is 12.1 Å². The van der Waals surface area contributed by atoms with E-state index >= 15 is 0 Å². The number of ketones is 1. The number of rotatable bonds is 4. The fraction of sp³-hybridized carbons (Fsp3) is 0.375. The van der Waals surface area contributed by atoms with Crippen LogP contribution in [0.3, 0.4) is 0 Å². The van der Waals surface area contributed by atoms with Crippen LogP contribution in [0.2, 0.25) is 0 Å². The molecular formula is C16H15F3N4O3. The van der Waals surface area contributed by atoms with Crippen LogP contribution in [0.5, 0.6) is 0 Å². The zero-order chi connectivity index (χ0) is 18.9. The second-order valence-electron chi connectivity index (χ2n) is 5.97. The molecule has 1 aromatic heterocycles. The van der Waals surface area contributed by atoms with Crippen LogP contribution in [0, 0.1) is 0 Å². The number of hydrogen-bond donors (Lipinski definition) is 0. The number of carbonyl (C=O) groups is 2. The van der Waals surface area contributed by atoms with Crippen LogP contribution in [-0.2, 0) is 11.0 Å². The summed E-state index contributed by atoms with van der Waals surface area (Å²) in [7, 11) is 1.83. The van der Waals surface area contributed by atoms with Crippen molar-refractivity contribution in [2.24, 2.45) is 0 Å². The Morgan fingerprint density at radius 2 is 1.92 bits per heavy atom. The lowest BCUT2D eigenvalue weighted by atomic mass is 10.1. The highest BCUT2D eigenvalue weighted by Crippen LogP contribution is 2.29. The molecule has 0 radical (unpaired) electrons. The molecule has 0 unspecified atom stereocenters. The van der Waals surface area contributed by atoms with Crippen LogP contribution in [0.25, 0.3) is 11.4 Å². The molecule has 1 aliphatic heterocycles. The highest BCUT2D eigenvalue weighted by atomic mass is 19.4. The Kier molecular flexibility index (Phi) is 4.77. The molecule has 1 amide bonds. The summed E-state index contributed by atoms with van der Waals surface area (Å²) >= 11 is 0. The topological polar surface area (TPSA) is 79.5 Å². The Balaban J connectivity index is 1.68. The molecule has 26 heavy (non-hydrogen) atoms. The molecule has 2 heterocycles. The van der Waals surface area contributed by atoms with Crippen molar-refractivity contribution < 1.29 is 27.3 Å². The Morgan fingerprint density at radius 1 is 1.23 bits per heavy atom. The summed E-state index contributed by atoms with van der Waals surface area (Å²) in [5.41, 5.74) is 0.636. The Hall–Kier alpha value is -2.75. The number of benzene rings is 1. The van der Waals surface area contributed by atoms with Gasteiger partial charge in [0.05, 0.1) is 13.1 Å². The SMILES string of the molecule is CN1CCN(CC(=O)c2ccc(-c3noc(C(F)(F)F)n3)cc2)C(=O)C1. The van der Waals surface area contributed by atoms with Crippen LogP contribution >= 0.6 is 0 Å². The van der Waals surface area contributed by atoms with E-state index in [1.165, 1.54) is 29.2 Å². The third kappa shape index (κ3) is 3.90. The molecule has 0 saturated carbocycles. The first-order valence-electron chi connectivity index (χ1n) is 7.75. The maximum atomic E-state index is 12.5. The quantitative estimate of drug-likeness (QED) is 0.765. The van der Waals surface area contributed by atoms with Crippen LogP contribution in [0.4, 0.5) is 13.2 Å². The minimum absolute atomic E-state index is 0.0353. The van der Waals surface area contributed by atoms with E-state index in [0.29, 0.717) is 18.7 Å². The van der Waals surface area contributed by atoms with E-state index in [-0.39, 0.29) is 36.2 Å². The van der Waals surface area contributed by atoms with Gasteiger partial charge in [-0.15, -0.1) is 0 Å². The lowest BCUT2D eigenvalue weighted by molar-refractivity contribution is -0.159. The van der Waals surface area contributed by atoms with Crippen LogP contribution in [-0.4, -0.2) is 64.9 Å². The predicted molar refractivity (Wildman–Crippen MR) is 83.1 cm³/mol. The average Bonchev–Trinajstić information content (AvgIpc) is 3.08. The minimum Gasteiger partial charge on any atom is -0.333 e. The Labute approximate surface area is 146 Å². The second kappa shape index (κ2) is 6.87. The molecular weight excluding hydrogens is 353 g/mol. The summed E-state index contributed by atoms with van der Waals surface area (Å²) in [6.07, 6.45) is -4.71. The van der Waals surface area contributed by atoms with Crippen molar-refractivity contribution >= 4 is 11.7 Å². The highest BCUT2D eigenvalue weighted by Gasteiger charge is 2.38. The molecule has 0 atom stereocenters. The maximum Gasteiger partial charge on any atom is 0.471 e. The van der Waals surface area contributed by atoms with Gasteiger partial charge in [0.25, 0.3) is 0 Å². The maximum absolute atomic E-state index is 12.5. The van der Waals surface area contributed by atoms with Gasteiger partial charge in [-0.3, -0.25) is 14.5 Å². The summed E-state index contributed by atoms with van der Waals surface area (Å²) in [4.78, 5) is 30.9. The number of piperazine rings is 1. The molecule has 1 fully saturated rings. The van der Waals surface area contributed by atoms with E-state index in [1.54, 1.807) is 0 Å². The average molecular weight is 368 g/mol. The van der Waals surface area contributed by atoms with Gasteiger partial charge in [0.2, 0.25) is 11.7 Å². The summed E-state index contributed by atoms with van der Waals surface area (Å²) < 4.78 is 41.6. The molecule has 0 aliphatic carbocycles. The number of amides is 1. The summed E-state index contributed by atoms with van der Waals surface area (Å²) in [6.45, 7) is 1.40. The number of hydrogen-bond acceptors (Lipinski definition) is 6. The van der Waals surface area contributed by atoms with Crippen LogP contribution in [0.1, 0.15) is 16.2 Å². The van der Waals surface area contributed by atoms with Crippen molar-refractivity contribution in [3.63, 3.8) is 0 Å². The minimum atomic E-state index is -4.71. The van der Waals surface area contributed by atoms with Crippen LogP contribution in [0.15, 0.2) is 28.8 Å². The lowest BCUT2D eigenvalue weighted by Gasteiger charge is -2.31. The molecule has 1 saturated heterocycles. The number of carbonyl (C=O) groups excluding carboxylic acids is 2. The van der Waals surface area contributed by atoms with Gasteiger partial charge in [0.15, 0.2) is 5.78 Å². The molecule has 3 rings (SSSR count). The van der Waals surface area contributed by atoms with Gasteiger partial charge in [-0.2, -0.15) is 18.2 Å². The van der Waals surface area contributed by atoms with Gasteiger partial charge >= 0.3 is 12.1 Å². The first-order valence-corrected chi connectivity index (χ1v) is 7.75. The van der Waals surface area contributed by atoms with Crippen molar-refractivity contribution in [2.45, 2.75) is 6.18 Å². The van der Waals surface area contributed by atoms with E-state index in [2.05, 4.69) is 14.7 Å². The van der Waals surface area contributed by atoms with Crippen molar-refractivity contribution in [3.8, 4) is 11.4 Å². The number of Topliss-reactive ketones (excluding diaryl/α,β-unsaturated/α-hetero) is 1. The summed E-state index contributed by atoms with van der Waals surface area (Å²) in [5, 5.41) is 3.29. The molecule has 138 valence electrons. The zero-order valence-corrected chi connectivity index (χ0v) is 13.8. The Morgan fingerprint density at radius 3 is 2.50 bits per heavy atom. The normalized spacial score (nSPS) is 16.2. The van der Waals surface area contributed by atoms with Gasteiger partial charge in [0, 0.05) is 24.2 Å². The standard InChI is InChI=1S/C16H15F3N4O3/c1-22-6-7-23(13(25)9-22)8-12(24)10-2-4-11(5-3-10)14-20-15(26-21-14)16(17,18)19/h2-5H,6-9H2,1H3. The van der Waals surface area contributed by atoms with Gasteiger partial charge in [-0.1, -0.05) is 29.4 Å². The van der Waals surface area contributed by atoms with E-state index in [1.807, 2.05) is 11.9 Å². The van der Waals surface area contributed by atoms with Crippen molar-refractivity contribution in [2.75, 3.05) is 33.2 Å². The van der Waals surface area contributed by atoms with E-state index in [4.69, 9.17) is 0 Å². The molecule has 1 aliphatic rings. The number of halogens is 3. The van der Waals surface area contributed by atoms with Gasteiger partial charge in [0.1, 0.15) is 0 Å². The fourth-order valence-electron chi connectivity index (χ4n) is 2.52. The van der Waals surface area contributed by atoms with Gasteiger partial charge in [-0.25, -0.2) is 0 Å². The second-order valence-corrected chi connectivity index (χ2v) is 5.97. The first kappa shape index (κ1) is 18.1. The first-order chi connectivity index (χ1) is 12.2. The molecule has 2 aromatic rings. The van der Waals surface area contributed by atoms with Gasteiger partial charge in [-0.05, 0) is 7.05 Å². The largest absolute Gasteiger partial charge is 0.471 e. The third-order valence-corrected chi connectivity index (χ3v) is 3.98. The number of likely N-dealkylation sites (N-methyl/N-ethyl adjacent to an activating group) is 1. The Bertz CT molecular complexity index is 817. The predicted octanol–water partition coefficient (Wildman–Crippen LogP) is 1.71. The highest BCUT2D eigenvalue weighted by molar-refractivity contribution is 5.99. The van der Waals surface area contributed by atoms with Crippen molar-refractivity contribution in [1.82, 2.24) is 19.9 Å². The lowest BCUT2D eigenvalue weighted by Crippen LogP contribution is -2.50. The molecule has 0 spiro atoms. The number of nitrogens with zero attached hydrogens (tertiary/aromatic N) is 4. The molecule has 10 heteroatoms. The molecule has 7 nitrogen and oxygen atoms in total. The summed E-state index contributed by atoms with van der Waals surface area (Å²) in [5.74, 6) is -2.01. The summed E-state index contributed by atoms with van der Waals surface area (Å²) in [6, 6.07) is 5.79. The van der Waals surface area contributed by atoms with Crippen molar-refractivity contribution in [3.05, 3.63) is 35.7 Å². The monoisotopic (exact) mass is 368 g/mol. The smallest absolute Gasteiger partial charge is 0.333 e. The zero-order valence-electron chi connectivity index (χ0n) is 13.8. The van der Waals surface area contributed by atoms with Crippen LogP contribution < -0.4 is 0 Å². The molecule has 0 N–H and O–H groups in total. The molecule has 0 bridgehead atoms. The third-order valence-electron chi connectivity index (χ3n) is 3.98. The van der Waals surface area contributed by atoms with E-state index in [9.17, 15) is 22.8 Å². The molecule has 1 aromatic carbocycles. The number of alkyl halides is 3. The van der Waals surface area contributed by atoms with Crippen molar-refractivity contribution in [1.29, 1.82) is 0 Å². The number of aromatic nitrogens is 2.